The van der Waals surface area contributed by atoms with Crippen molar-refractivity contribution in [1.29, 1.82) is 0 Å². The summed E-state index contributed by atoms with van der Waals surface area (Å²) < 4.78 is 2.91. The minimum Gasteiger partial charge on any atom is -0.382 e. The van der Waals surface area contributed by atoms with Gasteiger partial charge in [-0.1, -0.05) is 40.2 Å². The average molecular weight is 302 g/mol. The number of rotatable bonds is 1. The molecule has 4 heteroatoms. The van der Waals surface area contributed by atoms with Crippen LogP contribution in [0.2, 0.25) is 0 Å². The zero-order valence-corrected chi connectivity index (χ0v) is 11.5. The van der Waals surface area contributed by atoms with Crippen LogP contribution >= 0.6 is 15.9 Å². The van der Waals surface area contributed by atoms with Gasteiger partial charge in [0.25, 0.3) is 0 Å². The molecule has 90 valence electrons. The first-order valence-corrected chi connectivity index (χ1v) is 6.45. The number of hydrogen-bond donors (Lipinski definition) is 1. The lowest BCUT2D eigenvalue weighted by Gasteiger charge is -2.07. The smallest absolute Gasteiger partial charge is 0.148 e. The van der Waals surface area contributed by atoms with Crippen molar-refractivity contribution in [3.05, 3.63) is 52.6 Å². The summed E-state index contributed by atoms with van der Waals surface area (Å²) in [6, 6.07) is 12.3. The molecule has 3 nitrogen and oxygen atoms in total. The molecule has 2 N–H and O–H groups in total. The minimum absolute atomic E-state index is 0.571. The van der Waals surface area contributed by atoms with Gasteiger partial charge in [-0.05, 0) is 24.4 Å². The molecular formula is C14H12BrN3. The summed E-state index contributed by atoms with van der Waals surface area (Å²) in [5.74, 6) is 0.571. The Morgan fingerprint density at radius 2 is 1.83 bits per heavy atom. The number of aromatic nitrogens is 2. The molecule has 0 aliphatic rings. The molecule has 0 saturated carbocycles. The van der Waals surface area contributed by atoms with Gasteiger partial charge in [0.15, 0.2) is 0 Å². The van der Waals surface area contributed by atoms with E-state index in [1.165, 1.54) is 5.39 Å². The summed E-state index contributed by atoms with van der Waals surface area (Å²) in [5.41, 5.74) is 7.83. The lowest BCUT2D eigenvalue weighted by molar-refractivity contribution is 0.892. The van der Waals surface area contributed by atoms with Crippen LogP contribution < -0.4 is 5.73 Å². The number of fused-ring (bicyclic) bond motifs is 1. The van der Waals surface area contributed by atoms with Crippen molar-refractivity contribution in [2.75, 3.05) is 5.73 Å². The Morgan fingerprint density at radius 3 is 2.50 bits per heavy atom. The summed E-state index contributed by atoms with van der Waals surface area (Å²) in [6.07, 6.45) is 1.95. The molecule has 18 heavy (non-hydrogen) atoms. The minimum atomic E-state index is 0.571. The zero-order valence-electron chi connectivity index (χ0n) is 9.89. The summed E-state index contributed by atoms with van der Waals surface area (Å²) in [5, 5.41) is 6.66. The van der Waals surface area contributed by atoms with E-state index in [0.29, 0.717) is 5.82 Å². The molecule has 2 aromatic carbocycles. The van der Waals surface area contributed by atoms with E-state index in [2.05, 4.69) is 33.2 Å². The average Bonchev–Trinajstić information content (AvgIpc) is 2.70. The summed E-state index contributed by atoms with van der Waals surface area (Å²) in [7, 11) is 0. The number of halogens is 1. The van der Waals surface area contributed by atoms with E-state index in [9.17, 15) is 0 Å². The van der Waals surface area contributed by atoms with Crippen molar-refractivity contribution >= 4 is 32.5 Å². The number of nitrogen functional groups attached to an aromatic ring is 1. The van der Waals surface area contributed by atoms with Gasteiger partial charge in [0.1, 0.15) is 5.82 Å². The van der Waals surface area contributed by atoms with Gasteiger partial charge in [0, 0.05) is 21.6 Å². The van der Waals surface area contributed by atoms with Gasteiger partial charge in [-0.25, -0.2) is 4.68 Å². The molecule has 0 aliphatic heterocycles. The van der Waals surface area contributed by atoms with Gasteiger partial charge < -0.3 is 5.73 Å². The fraction of sp³-hybridized carbons (Fsp3) is 0.0714. The molecule has 1 heterocycles. The monoisotopic (exact) mass is 301 g/mol. The second-order valence-electron chi connectivity index (χ2n) is 4.25. The van der Waals surface area contributed by atoms with E-state index in [-0.39, 0.29) is 0 Å². The largest absolute Gasteiger partial charge is 0.382 e. The Bertz CT molecular complexity index is 711. The molecular weight excluding hydrogens is 290 g/mol. The van der Waals surface area contributed by atoms with Crippen molar-refractivity contribution in [2.45, 2.75) is 6.92 Å². The predicted octanol–water partition coefficient (Wildman–Crippen LogP) is 3.68. The first-order valence-electron chi connectivity index (χ1n) is 5.66. The van der Waals surface area contributed by atoms with E-state index in [4.69, 9.17) is 5.73 Å². The number of benzene rings is 2. The Morgan fingerprint density at radius 1 is 1.11 bits per heavy atom. The van der Waals surface area contributed by atoms with Crippen molar-refractivity contribution < 1.29 is 0 Å². The van der Waals surface area contributed by atoms with E-state index in [1.54, 1.807) is 0 Å². The van der Waals surface area contributed by atoms with Crippen LogP contribution in [-0.2, 0) is 0 Å². The standard InChI is InChI=1S/C14H12BrN3/c1-9-8-18(17-14(9)16)13-7-6-12(15)10-4-2-3-5-11(10)13/h2-8H,1H3,(H2,16,17). The maximum atomic E-state index is 5.81. The highest BCUT2D eigenvalue weighted by atomic mass is 79.9. The molecule has 0 unspecified atom stereocenters. The molecule has 0 aliphatic carbocycles. The molecule has 3 aromatic rings. The van der Waals surface area contributed by atoms with Crippen molar-refractivity contribution in [1.82, 2.24) is 9.78 Å². The molecule has 0 fully saturated rings. The van der Waals surface area contributed by atoms with Crippen LogP contribution in [0.3, 0.4) is 0 Å². The van der Waals surface area contributed by atoms with Crippen LogP contribution in [-0.4, -0.2) is 9.78 Å². The van der Waals surface area contributed by atoms with Crippen LogP contribution in [0, 0.1) is 6.92 Å². The Labute approximate surface area is 113 Å². The van der Waals surface area contributed by atoms with Crippen molar-refractivity contribution in [3.63, 3.8) is 0 Å². The third-order valence-electron chi connectivity index (χ3n) is 3.03. The van der Waals surface area contributed by atoms with Gasteiger partial charge in [-0.15, -0.1) is 0 Å². The van der Waals surface area contributed by atoms with E-state index < -0.39 is 0 Å². The summed E-state index contributed by atoms with van der Waals surface area (Å²) in [4.78, 5) is 0. The quantitative estimate of drug-likeness (QED) is 0.745. The van der Waals surface area contributed by atoms with Gasteiger partial charge in [-0.2, -0.15) is 5.10 Å². The summed E-state index contributed by atoms with van der Waals surface area (Å²) in [6.45, 7) is 1.96. The topological polar surface area (TPSA) is 43.8 Å². The van der Waals surface area contributed by atoms with Gasteiger partial charge in [-0.3, -0.25) is 0 Å². The SMILES string of the molecule is Cc1cn(-c2ccc(Br)c3ccccc23)nc1N. The summed E-state index contributed by atoms with van der Waals surface area (Å²) >= 11 is 3.57. The highest BCUT2D eigenvalue weighted by Crippen LogP contribution is 2.29. The van der Waals surface area contributed by atoms with Crippen molar-refractivity contribution in [2.24, 2.45) is 0 Å². The second kappa shape index (κ2) is 4.14. The van der Waals surface area contributed by atoms with Crippen LogP contribution in [0.1, 0.15) is 5.56 Å². The van der Waals surface area contributed by atoms with E-state index in [1.807, 2.05) is 42.1 Å². The molecule has 1 aromatic heterocycles. The first-order chi connectivity index (χ1) is 8.66. The molecule has 0 spiro atoms. The molecule has 0 saturated heterocycles. The Balaban J connectivity index is 2.33. The molecule has 0 amide bonds. The highest BCUT2D eigenvalue weighted by Gasteiger charge is 2.08. The van der Waals surface area contributed by atoms with Crippen molar-refractivity contribution in [3.8, 4) is 5.69 Å². The van der Waals surface area contributed by atoms with Gasteiger partial charge >= 0.3 is 0 Å². The first kappa shape index (κ1) is 11.3. The van der Waals surface area contributed by atoms with Crippen LogP contribution in [0.25, 0.3) is 16.5 Å². The maximum Gasteiger partial charge on any atom is 0.148 e. The highest BCUT2D eigenvalue weighted by molar-refractivity contribution is 9.10. The Kier molecular flexibility index (Phi) is 2.59. The number of hydrogen-bond acceptors (Lipinski definition) is 2. The number of nitrogens with zero attached hydrogens (tertiary/aromatic N) is 2. The molecule has 0 bridgehead atoms. The fourth-order valence-electron chi connectivity index (χ4n) is 2.04. The van der Waals surface area contributed by atoms with Gasteiger partial charge in [0.05, 0.1) is 5.69 Å². The van der Waals surface area contributed by atoms with Crippen LogP contribution in [0.5, 0.6) is 0 Å². The van der Waals surface area contributed by atoms with Gasteiger partial charge in [0.2, 0.25) is 0 Å². The number of anilines is 1. The van der Waals surface area contributed by atoms with E-state index in [0.717, 1.165) is 21.1 Å². The molecule has 0 radical (unpaired) electrons. The second-order valence-corrected chi connectivity index (χ2v) is 5.11. The number of aryl methyl sites for hydroxylation is 1. The lowest BCUT2D eigenvalue weighted by Crippen LogP contribution is -1.97. The maximum absolute atomic E-state index is 5.81. The lowest BCUT2D eigenvalue weighted by atomic mass is 10.1. The molecule has 0 atom stereocenters. The van der Waals surface area contributed by atoms with Crippen LogP contribution in [0.4, 0.5) is 5.82 Å². The predicted molar refractivity (Wildman–Crippen MR) is 77.9 cm³/mol. The fourth-order valence-corrected chi connectivity index (χ4v) is 2.52. The van der Waals surface area contributed by atoms with E-state index >= 15 is 0 Å². The third-order valence-corrected chi connectivity index (χ3v) is 3.72. The normalized spacial score (nSPS) is 11.0. The zero-order chi connectivity index (χ0) is 12.7. The molecule has 3 rings (SSSR count). The number of nitrogens with two attached hydrogens (primary N) is 1. The van der Waals surface area contributed by atoms with Crippen LogP contribution in [0.15, 0.2) is 47.1 Å². The third kappa shape index (κ3) is 1.69. The Hall–Kier alpha value is -1.81.